The summed E-state index contributed by atoms with van der Waals surface area (Å²) >= 11 is 0. The monoisotopic (exact) mass is 388 g/mol. The van der Waals surface area contributed by atoms with Gasteiger partial charge in [-0.2, -0.15) is 4.98 Å². The average Bonchev–Trinajstić information content (AvgIpc) is 3.40. The summed E-state index contributed by atoms with van der Waals surface area (Å²) in [5, 5.41) is 9.50. The summed E-state index contributed by atoms with van der Waals surface area (Å²) in [4.78, 5) is 32.3. The molecule has 0 radical (unpaired) electrons. The molecule has 2 aliphatic heterocycles. The van der Waals surface area contributed by atoms with E-state index in [2.05, 4.69) is 20.5 Å². The maximum Gasteiger partial charge on any atom is 0.239 e. The lowest BCUT2D eigenvalue weighted by Gasteiger charge is -2.34. The number of hydrogen-bond acceptors (Lipinski definition) is 5. The summed E-state index contributed by atoms with van der Waals surface area (Å²) < 4.78 is 0. The Morgan fingerprint density at radius 1 is 1.17 bits per heavy atom. The number of hydrogen-bond donors (Lipinski definition) is 3. The second-order valence-electron chi connectivity index (χ2n) is 7.44. The highest BCUT2D eigenvalue weighted by Gasteiger charge is 2.59. The third-order valence-corrected chi connectivity index (χ3v) is 5.89. The van der Waals surface area contributed by atoms with Crippen LogP contribution in [0.1, 0.15) is 29.4 Å². The molecule has 29 heavy (non-hydrogen) atoms. The molecule has 1 spiro atoms. The van der Waals surface area contributed by atoms with Crippen LogP contribution >= 0.6 is 0 Å². The number of benzene rings is 2. The Balaban J connectivity index is 1.59. The molecule has 0 unspecified atom stereocenters. The number of aromatic nitrogens is 3. The number of nitrogens with one attached hydrogen (secondary N) is 2. The fraction of sp³-hybridized carbons (Fsp3) is 0.238. The van der Waals surface area contributed by atoms with Crippen LogP contribution in [0.3, 0.4) is 0 Å². The van der Waals surface area contributed by atoms with Crippen molar-refractivity contribution < 1.29 is 9.59 Å². The molecule has 8 nitrogen and oxygen atoms in total. The van der Waals surface area contributed by atoms with Crippen molar-refractivity contribution in [1.82, 2.24) is 20.1 Å². The number of rotatable bonds is 3. The van der Waals surface area contributed by atoms with Gasteiger partial charge in [-0.3, -0.25) is 14.7 Å². The molecule has 1 fully saturated rings. The van der Waals surface area contributed by atoms with Crippen molar-refractivity contribution in [2.75, 3.05) is 17.6 Å². The zero-order valence-electron chi connectivity index (χ0n) is 15.6. The first-order valence-electron chi connectivity index (χ1n) is 9.52. The molecule has 2 aliphatic rings. The van der Waals surface area contributed by atoms with E-state index in [-0.39, 0.29) is 24.2 Å². The van der Waals surface area contributed by atoms with Crippen molar-refractivity contribution in [3.05, 3.63) is 71.5 Å². The quantitative estimate of drug-likeness (QED) is 0.632. The van der Waals surface area contributed by atoms with Gasteiger partial charge in [0.2, 0.25) is 17.8 Å². The van der Waals surface area contributed by atoms with Crippen LogP contribution in [0.25, 0.3) is 0 Å². The number of amides is 2. The van der Waals surface area contributed by atoms with Crippen LogP contribution in [0.15, 0.2) is 54.6 Å². The summed E-state index contributed by atoms with van der Waals surface area (Å²) in [5.74, 6) is 0.335. The number of nitrogen functional groups attached to an aromatic ring is 1. The normalized spacial score (nSPS) is 22.7. The zero-order chi connectivity index (χ0) is 20.0. The molecule has 2 amide bonds. The molecule has 1 saturated heterocycles. The molecular weight excluding hydrogens is 368 g/mol. The average molecular weight is 388 g/mol. The van der Waals surface area contributed by atoms with Gasteiger partial charge in [0.25, 0.3) is 0 Å². The Hall–Kier alpha value is -3.68. The molecule has 5 rings (SSSR count). The van der Waals surface area contributed by atoms with Crippen molar-refractivity contribution in [2.24, 2.45) is 0 Å². The summed E-state index contributed by atoms with van der Waals surface area (Å²) in [6.07, 6.45) is 0.604. The van der Waals surface area contributed by atoms with E-state index in [0.717, 1.165) is 16.8 Å². The predicted molar refractivity (Wildman–Crippen MR) is 107 cm³/mol. The number of H-pyrrole nitrogens is 1. The molecule has 2 atom stereocenters. The molecule has 0 saturated carbocycles. The number of aromatic amines is 1. The van der Waals surface area contributed by atoms with Crippen molar-refractivity contribution in [2.45, 2.75) is 24.3 Å². The van der Waals surface area contributed by atoms with Gasteiger partial charge >= 0.3 is 0 Å². The molecule has 8 heteroatoms. The second kappa shape index (κ2) is 6.44. The van der Waals surface area contributed by atoms with Crippen molar-refractivity contribution >= 4 is 23.5 Å². The molecule has 146 valence electrons. The molecule has 3 heterocycles. The molecule has 4 N–H and O–H groups in total. The Bertz CT molecular complexity index is 1100. The Morgan fingerprint density at radius 2 is 1.93 bits per heavy atom. The summed E-state index contributed by atoms with van der Waals surface area (Å²) in [7, 11) is 0. The van der Waals surface area contributed by atoms with Gasteiger partial charge in [-0.15, -0.1) is 5.10 Å². The first kappa shape index (κ1) is 17.4. The van der Waals surface area contributed by atoms with Crippen LogP contribution in [0, 0.1) is 0 Å². The van der Waals surface area contributed by atoms with Gasteiger partial charge in [-0.1, -0.05) is 48.5 Å². The number of anilines is 2. The number of para-hydroxylation sites is 1. The van der Waals surface area contributed by atoms with Gasteiger partial charge in [0, 0.05) is 12.2 Å². The van der Waals surface area contributed by atoms with Crippen molar-refractivity contribution in [1.29, 1.82) is 0 Å². The minimum Gasteiger partial charge on any atom is -0.367 e. The molecule has 0 aliphatic carbocycles. The minimum atomic E-state index is -0.811. The molecule has 3 aromatic rings. The standard InChI is InChI=1S/C21H20N6O2/c22-20-24-16(25-26-20)12-17(28)27-11-10-21(18(27)13-6-2-1-3-7-13)14-8-4-5-9-15(14)23-19(21)29/h1-9,18H,10-12H2,(H,23,29)(H3,22,24,25,26)/t18-,21+/m0/s1. The number of nitrogens with zero attached hydrogens (tertiary/aromatic N) is 3. The van der Waals surface area contributed by atoms with Crippen LogP contribution in [0.2, 0.25) is 0 Å². The maximum atomic E-state index is 13.3. The van der Waals surface area contributed by atoms with Crippen molar-refractivity contribution in [3.8, 4) is 0 Å². The van der Waals surface area contributed by atoms with E-state index in [1.54, 1.807) is 4.90 Å². The first-order chi connectivity index (χ1) is 14.1. The highest BCUT2D eigenvalue weighted by molar-refractivity contribution is 6.07. The Morgan fingerprint density at radius 3 is 2.69 bits per heavy atom. The van der Waals surface area contributed by atoms with Gasteiger partial charge in [0.15, 0.2) is 0 Å². The topological polar surface area (TPSA) is 117 Å². The molecule has 2 aromatic carbocycles. The fourth-order valence-electron chi connectivity index (χ4n) is 4.69. The Labute approximate surface area is 167 Å². The van der Waals surface area contributed by atoms with Gasteiger partial charge in [-0.05, 0) is 23.6 Å². The zero-order valence-corrected chi connectivity index (χ0v) is 15.6. The van der Waals surface area contributed by atoms with Crippen LogP contribution in [-0.2, 0) is 21.4 Å². The van der Waals surface area contributed by atoms with E-state index >= 15 is 0 Å². The van der Waals surface area contributed by atoms with Crippen LogP contribution < -0.4 is 11.1 Å². The van der Waals surface area contributed by atoms with Gasteiger partial charge in [0.1, 0.15) is 11.2 Å². The van der Waals surface area contributed by atoms with E-state index in [1.807, 2.05) is 54.6 Å². The second-order valence-corrected chi connectivity index (χ2v) is 7.44. The van der Waals surface area contributed by atoms with Crippen molar-refractivity contribution in [3.63, 3.8) is 0 Å². The smallest absolute Gasteiger partial charge is 0.239 e. The molecule has 0 bridgehead atoms. The van der Waals surface area contributed by atoms with Crippen LogP contribution in [-0.4, -0.2) is 38.4 Å². The first-order valence-corrected chi connectivity index (χ1v) is 9.52. The number of nitrogens with two attached hydrogens (primary N) is 1. The number of carbonyl (C=O) groups excluding carboxylic acids is 2. The summed E-state index contributed by atoms with van der Waals surface area (Å²) in [5.41, 5.74) is 7.44. The lowest BCUT2D eigenvalue weighted by molar-refractivity contribution is -0.133. The van der Waals surface area contributed by atoms with Gasteiger partial charge in [-0.25, -0.2) is 0 Å². The minimum absolute atomic E-state index is 0.0485. The molecular formula is C21H20N6O2. The number of carbonyl (C=O) groups is 2. The third-order valence-electron chi connectivity index (χ3n) is 5.89. The van der Waals surface area contributed by atoms with Crippen LogP contribution in [0.4, 0.5) is 11.6 Å². The summed E-state index contributed by atoms with van der Waals surface area (Å²) in [6.45, 7) is 0.476. The lowest BCUT2D eigenvalue weighted by atomic mass is 9.72. The summed E-state index contributed by atoms with van der Waals surface area (Å²) in [6, 6.07) is 17.1. The van der Waals surface area contributed by atoms with E-state index in [1.165, 1.54) is 0 Å². The highest BCUT2D eigenvalue weighted by atomic mass is 16.2. The van der Waals surface area contributed by atoms with Crippen LogP contribution in [0.5, 0.6) is 0 Å². The van der Waals surface area contributed by atoms with E-state index < -0.39 is 11.5 Å². The fourth-order valence-corrected chi connectivity index (χ4v) is 4.69. The van der Waals surface area contributed by atoms with Gasteiger partial charge in [0.05, 0.1) is 12.5 Å². The van der Waals surface area contributed by atoms with E-state index in [9.17, 15) is 9.59 Å². The SMILES string of the molecule is Nc1n[nH]c(CC(=O)N2CC[C@]3(C(=O)Nc4ccccc43)[C@@H]2c2ccccc2)n1. The number of likely N-dealkylation sites (tertiary alicyclic amines) is 1. The largest absolute Gasteiger partial charge is 0.367 e. The van der Waals surface area contributed by atoms with Gasteiger partial charge < -0.3 is 16.0 Å². The Kier molecular flexibility index (Phi) is 3.87. The number of fused-ring (bicyclic) bond motifs is 2. The lowest BCUT2D eigenvalue weighted by Crippen LogP contribution is -2.43. The predicted octanol–water partition coefficient (Wildman–Crippen LogP) is 1.79. The van der Waals surface area contributed by atoms with E-state index in [4.69, 9.17) is 5.73 Å². The highest BCUT2D eigenvalue weighted by Crippen LogP contribution is 2.54. The van der Waals surface area contributed by atoms with E-state index in [0.29, 0.717) is 18.8 Å². The molecule has 1 aromatic heterocycles. The third kappa shape index (κ3) is 2.60. The maximum absolute atomic E-state index is 13.3.